The maximum atomic E-state index is 12.1. The van der Waals surface area contributed by atoms with Crippen molar-refractivity contribution in [2.45, 2.75) is 62.3 Å². The van der Waals surface area contributed by atoms with E-state index in [9.17, 15) is 13.2 Å². The maximum Gasteiger partial charge on any atom is 0.294 e. The second-order valence-corrected chi connectivity index (χ2v) is 15.1. The summed E-state index contributed by atoms with van der Waals surface area (Å²) < 4.78 is 36.9. The minimum absolute atomic E-state index is 0.102. The smallest absolute Gasteiger partial charge is 0.294 e. The highest BCUT2D eigenvalue weighted by molar-refractivity contribution is 7.85. The molecule has 26 heavy (non-hydrogen) atoms. The highest BCUT2D eigenvalue weighted by atomic mass is 32.2. The molecular weight excluding hydrogens is 370 g/mol. The van der Waals surface area contributed by atoms with Crippen LogP contribution in [0.2, 0.25) is 25.7 Å². The summed E-state index contributed by atoms with van der Waals surface area (Å²) in [6.07, 6.45) is 2.95. The van der Waals surface area contributed by atoms with E-state index in [1.165, 1.54) is 12.1 Å². The van der Waals surface area contributed by atoms with Crippen LogP contribution in [0.3, 0.4) is 0 Å². The second kappa shape index (κ2) is 8.64. The standard InChI is InChI=1S/C18H29NO5SSi/c1-26(2,3)13-12-24-14-19-16(8-11-18(19)20)7-4-15-5-9-17(10-6-15)25(21,22)23/h5-6,9-10,16H,4,7-8,11-14H2,1-3H3,(H,21,22,23)/t16-/m1/s1. The first-order valence-electron chi connectivity index (χ1n) is 9.00. The molecule has 0 spiro atoms. The van der Waals surface area contributed by atoms with Gasteiger partial charge in [0.25, 0.3) is 10.1 Å². The van der Waals surface area contributed by atoms with Gasteiger partial charge in [-0.25, -0.2) is 0 Å². The van der Waals surface area contributed by atoms with Gasteiger partial charge in [0, 0.05) is 27.1 Å². The zero-order chi connectivity index (χ0) is 19.4. The molecule has 0 aliphatic carbocycles. The third-order valence-electron chi connectivity index (χ3n) is 4.67. The lowest BCUT2D eigenvalue weighted by Crippen LogP contribution is -2.36. The summed E-state index contributed by atoms with van der Waals surface area (Å²) in [4.78, 5) is 13.8. The van der Waals surface area contributed by atoms with Crippen molar-refractivity contribution in [2.24, 2.45) is 0 Å². The van der Waals surface area contributed by atoms with Crippen molar-refractivity contribution < 1.29 is 22.5 Å². The molecule has 1 saturated heterocycles. The molecule has 0 unspecified atom stereocenters. The van der Waals surface area contributed by atoms with E-state index >= 15 is 0 Å². The zero-order valence-electron chi connectivity index (χ0n) is 15.8. The second-order valence-electron chi connectivity index (χ2n) is 8.06. The number of likely N-dealkylation sites (tertiary alicyclic amines) is 1. The van der Waals surface area contributed by atoms with Crippen LogP contribution in [0.4, 0.5) is 0 Å². The number of rotatable bonds is 9. The number of carbonyl (C=O) groups is 1. The van der Waals surface area contributed by atoms with Crippen LogP contribution in [0, 0.1) is 0 Å². The topological polar surface area (TPSA) is 83.9 Å². The average Bonchev–Trinajstić information content (AvgIpc) is 2.88. The van der Waals surface area contributed by atoms with Gasteiger partial charge in [-0.2, -0.15) is 8.42 Å². The number of nitrogens with zero attached hydrogens (tertiary/aromatic N) is 1. The lowest BCUT2D eigenvalue weighted by atomic mass is 10.0. The van der Waals surface area contributed by atoms with Crippen molar-refractivity contribution in [1.82, 2.24) is 4.90 Å². The molecule has 1 aliphatic heterocycles. The maximum absolute atomic E-state index is 12.1. The fraction of sp³-hybridized carbons (Fsp3) is 0.611. The van der Waals surface area contributed by atoms with Crippen molar-refractivity contribution >= 4 is 24.1 Å². The molecule has 1 aromatic carbocycles. The SMILES string of the molecule is C[Si](C)(C)CCOCN1C(=O)CC[C@H]1CCc1ccc(S(=O)(=O)O)cc1. The lowest BCUT2D eigenvalue weighted by molar-refractivity contribution is -0.134. The number of benzene rings is 1. The van der Waals surface area contributed by atoms with Gasteiger partial charge in [0.05, 0.1) is 4.90 Å². The molecule has 0 saturated carbocycles. The van der Waals surface area contributed by atoms with Gasteiger partial charge in [-0.05, 0) is 43.0 Å². The van der Waals surface area contributed by atoms with Crippen LogP contribution >= 0.6 is 0 Å². The molecule has 0 radical (unpaired) electrons. The predicted molar refractivity (Wildman–Crippen MR) is 103 cm³/mol. The Morgan fingerprint density at radius 3 is 2.46 bits per heavy atom. The van der Waals surface area contributed by atoms with Gasteiger partial charge in [-0.15, -0.1) is 0 Å². The van der Waals surface area contributed by atoms with Gasteiger partial charge in [-0.3, -0.25) is 9.35 Å². The Bertz CT molecular complexity index is 712. The molecule has 0 bridgehead atoms. The molecular formula is C18H29NO5SSi. The zero-order valence-corrected chi connectivity index (χ0v) is 17.6. The fourth-order valence-corrected chi connectivity index (χ4v) is 4.21. The van der Waals surface area contributed by atoms with Gasteiger partial charge >= 0.3 is 0 Å². The Morgan fingerprint density at radius 2 is 1.88 bits per heavy atom. The molecule has 1 fully saturated rings. The highest BCUT2D eigenvalue weighted by Gasteiger charge is 2.30. The molecule has 1 aliphatic rings. The summed E-state index contributed by atoms with van der Waals surface area (Å²) in [5, 5.41) is 0. The molecule has 2 rings (SSSR count). The minimum Gasteiger partial charge on any atom is -0.361 e. The summed E-state index contributed by atoms with van der Waals surface area (Å²) in [6, 6.07) is 7.46. The van der Waals surface area contributed by atoms with Crippen LogP contribution in [0.1, 0.15) is 24.8 Å². The predicted octanol–water partition coefficient (Wildman–Crippen LogP) is 3.17. The Balaban J connectivity index is 1.84. The Hall–Kier alpha value is -1.22. The third kappa shape index (κ3) is 6.50. The van der Waals surface area contributed by atoms with Crippen molar-refractivity contribution in [3.05, 3.63) is 29.8 Å². The van der Waals surface area contributed by atoms with E-state index in [0.29, 0.717) is 19.8 Å². The summed E-state index contributed by atoms with van der Waals surface area (Å²) in [7, 11) is -5.29. The lowest BCUT2D eigenvalue weighted by Gasteiger charge is -2.25. The van der Waals surface area contributed by atoms with Gasteiger partial charge in [0.1, 0.15) is 6.73 Å². The van der Waals surface area contributed by atoms with E-state index in [0.717, 1.165) is 30.9 Å². The van der Waals surface area contributed by atoms with E-state index in [1.54, 1.807) is 12.1 Å². The first kappa shape index (κ1) is 21.1. The van der Waals surface area contributed by atoms with Crippen LogP contribution in [0.25, 0.3) is 0 Å². The quantitative estimate of drug-likeness (QED) is 0.392. The van der Waals surface area contributed by atoms with Crippen molar-refractivity contribution in [3.8, 4) is 0 Å². The van der Waals surface area contributed by atoms with Crippen LogP contribution < -0.4 is 0 Å². The Labute approximate surface area is 157 Å². The summed E-state index contributed by atoms with van der Waals surface area (Å²) in [6.45, 7) is 7.95. The van der Waals surface area contributed by atoms with Crippen LogP contribution in [-0.4, -0.2) is 51.2 Å². The minimum atomic E-state index is -4.16. The number of carbonyl (C=O) groups excluding carboxylic acids is 1. The van der Waals surface area contributed by atoms with Crippen molar-refractivity contribution in [1.29, 1.82) is 0 Å². The molecule has 0 aromatic heterocycles. The first-order chi connectivity index (χ1) is 12.1. The molecule has 1 aromatic rings. The molecule has 8 heteroatoms. The van der Waals surface area contributed by atoms with Crippen LogP contribution in [0.15, 0.2) is 29.2 Å². The van der Waals surface area contributed by atoms with Crippen LogP contribution in [-0.2, 0) is 26.1 Å². The molecule has 1 atom stereocenters. The van der Waals surface area contributed by atoms with E-state index in [2.05, 4.69) is 19.6 Å². The largest absolute Gasteiger partial charge is 0.361 e. The number of aryl methyl sites for hydroxylation is 1. The molecule has 146 valence electrons. The first-order valence-corrected chi connectivity index (χ1v) is 14.1. The van der Waals surface area contributed by atoms with Crippen molar-refractivity contribution in [3.63, 3.8) is 0 Å². The van der Waals surface area contributed by atoms with Gasteiger partial charge in [0.15, 0.2) is 0 Å². The van der Waals surface area contributed by atoms with E-state index in [4.69, 9.17) is 9.29 Å². The Kier molecular flexibility index (Phi) is 7.01. The van der Waals surface area contributed by atoms with Gasteiger partial charge < -0.3 is 9.64 Å². The van der Waals surface area contributed by atoms with Crippen LogP contribution in [0.5, 0.6) is 0 Å². The number of hydrogen-bond acceptors (Lipinski definition) is 4. The molecule has 1 heterocycles. The van der Waals surface area contributed by atoms with E-state index in [-0.39, 0.29) is 16.8 Å². The fourth-order valence-electron chi connectivity index (χ4n) is 2.97. The van der Waals surface area contributed by atoms with Crippen molar-refractivity contribution in [2.75, 3.05) is 13.3 Å². The molecule has 1 amide bonds. The monoisotopic (exact) mass is 399 g/mol. The third-order valence-corrected chi connectivity index (χ3v) is 7.24. The molecule has 1 N–H and O–H groups in total. The van der Waals surface area contributed by atoms with E-state index < -0.39 is 18.2 Å². The van der Waals surface area contributed by atoms with Gasteiger partial charge in [0.2, 0.25) is 5.91 Å². The average molecular weight is 400 g/mol. The highest BCUT2D eigenvalue weighted by Crippen LogP contribution is 2.23. The van der Waals surface area contributed by atoms with E-state index in [1.807, 2.05) is 4.90 Å². The number of ether oxygens (including phenoxy) is 1. The summed E-state index contributed by atoms with van der Waals surface area (Å²) in [5.41, 5.74) is 0.983. The van der Waals surface area contributed by atoms with Gasteiger partial charge in [-0.1, -0.05) is 31.8 Å². The summed E-state index contributed by atoms with van der Waals surface area (Å²) >= 11 is 0. The normalized spacial score (nSPS) is 18.5. The summed E-state index contributed by atoms with van der Waals surface area (Å²) in [5.74, 6) is 0.143. The number of amides is 1. The number of hydrogen-bond donors (Lipinski definition) is 1. The molecule has 6 nitrogen and oxygen atoms in total. The Morgan fingerprint density at radius 1 is 1.23 bits per heavy atom.